The fraction of sp³-hybridized carbons (Fsp3) is 0.400. The second-order valence-electron chi connectivity index (χ2n) is 3.37. The van der Waals surface area contributed by atoms with Gasteiger partial charge in [0.25, 0.3) is 0 Å². The fourth-order valence-electron chi connectivity index (χ4n) is 1.33. The van der Waals surface area contributed by atoms with Gasteiger partial charge in [-0.05, 0) is 35.4 Å². The Hall–Kier alpha value is 0.770. The molecule has 0 aliphatic carbocycles. The fourth-order valence-corrected chi connectivity index (χ4v) is 7.99. The predicted molar refractivity (Wildman–Crippen MR) is 81.2 cm³/mol. The van der Waals surface area contributed by atoms with Gasteiger partial charge in [-0.15, -0.1) is 11.8 Å². The van der Waals surface area contributed by atoms with E-state index in [1.807, 2.05) is 47.0 Å². The summed E-state index contributed by atoms with van der Waals surface area (Å²) in [5.41, 5.74) is 0. The van der Waals surface area contributed by atoms with Crippen molar-refractivity contribution in [3.8, 4) is 0 Å². The molecule has 0 fully saturated rings. The van der Waals surface area contributed by atoms with Crippen LogP contribution in [0.1, 0.15) is 13.8 Å². The Morgan fingerprint density at radius 2 is 1.56 bits per heavy atom. The van der Waals surface area contributed by atoms with Crippen molar-refractivity contribution in [3.63, 3.8) is 0 Å². The van der Waals surface area contributed by atoms with Gasteiger partial charge in [-0.2, -0.15) is 0 Å². The van der Waals surface area contributed by atoms with Gasteiger partial charge >= 0.3 is 0 Å². The quantitative estimate of drug-likeness (QED) is 0.603. The summed E-state index contributed by atoms with van der Waals surface area (Å²) in [7, 11) is 0. The highest BCUT2D eigenvalue weighted by Crippen LogP contribution is 2.62. The van der Waals surface area contributed by atoms with E-state index in [0.717, 1.165) is 17.5 Å². The zero-order valence-electron chi connectivity index (χ0n) is 8.86. The number of ether oxygens (including phenoxy) is 1. The van der Waals surface area contributed by atoms with Gasteiger partial charge in [0.05, 0.1) is 19.3 Å². The van der Waals surface area contributed by atoms with Crippen molar-refractivity contribution in [2.24, 2.45) is 0 Å². The lowest BCUT2D eigenvalue weighted by Gasteiger charge is -2.11. The molecule has 0 atom stereocenters. The Balaban J connectivity index is 1.79. The van der Waals surface area contributed by atoms with Crippen LogP contribution in [0.5, 0.6) is 0 Å². The average molecular weight is 307 g/mol. The van der Waals surface area contributed by atoms with Crippen molar-refractivity contribution in [1.29, 1.82) is 0 Å². The molecule has 3 aliphatic heterocycles. The molecule has 0 saturated heterocycles. The normalized spacial score (nSPS) is 25.4. The summed E-state index contributed by atoms with van der Waals surface area (Å²) >= 11 is 9.43. The van der Waals surface area contributed by atoms with E-state index in [0.29, 0.717) is 0 Å². The first kappa shape index (κ1) is 11.8. The lowest BCUT2D eigenvalue weighted by Crippen LogP contribution is -2.00. The Morgan fingerprint density at radius 1 is 0.875 bits per heavy atom. The highest BCUT2D eigenvalue weighted by atomic mass is 32.2. The zero-order valence-corrected chi connectivity index (χ0v) is 12.9. The third-order valence-corrected chi connectivity index (χ3v) is 9.23. The minimum Gasteiger partial charge on any atom is -0.484 e. The summed E-state index contributed by atoms with van der Waals surface area (Å²) in [6.07, 6.45) is 0. The highest BCUT2D eigenvalue weighted by molar-refractivity contribution is 8.38. The van der Waals surface area contributed by atoms with Crippen LogP contribution in [0.15, 0.2) is 27.6 Å². The average Bonchev–Trinajstić information content (AvgIpc) is 2.83. The van der Waals surface area contributed by atoms with Gasteiger partial charge in [0.2, 0.25) is 0 Å². The maximum atomic E-state index is 5.68. The molecule has 0 aromatic heterocycles. The molecule has 0 bridgehead atoms. The summed E-state index contributed by atoms with van der Waals surface area (Å²) in [6, 6.07) is 0. The summed E-state index contributed by atoms with van der Waals surface area (Å²) < 4.78 is 9.88. The van der Waals surface area contributed by atoms with Gasteiger partial charge in [-0.3, -0.25) is 0 Å². The van der Waals surface area contributed by atoms with Crippen LogP contribution in [0.4, 0.5) is 0 Å². The Morgan fingerprint density at radius 3 is 2.25 bits per heavy atom. The van der Waals surface area contributed by atoms with E-state index in [1.54, 1.807) is 11.8 Å². The lowest BCUT2D eigenvalue weighted by molar-refractivity contribution is 0.259. The maximum absolute atomic E-state index is 5.68. The molecule has 0 saturated carbocycles. The molecule has 0 N–H and O–H groups in total. The standard InChI is InChI=1S/C10H10OS5/c1-5-6(2)14-9(13-5)10-15-7-8(16-10)12-4-3-11-7/h3-4H2,1-2H3. The smallest absolute Gasteiger partial charge is 0.178 e. The number of rotatable bonds is 0. The number of allylic oxidation sites excluding steroid dienone is 2. The second-order valence-corrected chi connectivity index (χ2v) is 9.70. The molecular weight excluding hydrogens is 296 g/mol. The first-order valence-corrected chi connectivity index (χ1v) is 9.12. The summed E-state index contributed by atoms with van der Waals surface area (Å²) in [6.45, 7) is 5.25. The van der Waals surface area contributed by atoms with E-state index in [2.05, 4.69) is 13.8 Å². The summed E-state index contributed by atoms with van der Waals surface area (Å²) in [4.78, 5) is 2.87. The van der Waals surface area contributed by atoms with Gasteiger partial charge in [-0.1, -0.05) is 35.3 Å². The molecule has 0 amide bonds. The number of hydrogen-bond acceptors (Lipinski definition) is 6. The Kier molecular flexibility index (Phi) is 3.55. The topological polar surface area (TPSA) is 9.23 Å². The molecule has 0 unspecified atom stereocenters. The van der Waals surface area contributed by atoms with Gasteiger partial charge in [0.1, 0.15) is 0 Å². The summed E-state index contributed by atoms with van der Waals surface area (Å²) in [5, 5.41) is 1.13. The molecule has 86 valence electrons. The third-order valence-electron chi connectivity index (χ3n) is 2.24. The van der Waals surface area contributed by atoms with Crippen molar-refractivity contribution < 1.29 is 4.74 Å². The molecule has 16 heavy (non-hydrogen) atoms. The van der Waals surface area contributed by atoms with Crippen molar-refractivity contribution >= 4 is 58.8 Å². The molecule has 0 aromatic rings. The molecule has 3 aliphatic rings. The molecule has 0 aromatic carbocycles. The van der Waals surface area contributed by atoms with Crippen LogP contribution in [0.25, 0.3) is 0 Å². The van der Waals surface area contributed by atoms with E-state index < -0.39 is 0 Å². The van der Waals surface area contributed by atoms with E-state index in [4.69, 9.17) is 4.74 Å². The first-order valence-electron chi connectivity index (χ1n) is 4.87. The SMILES string of the molecule is CC1=C(C)SC(=C2SC3=C(SCCO3)S2)S1. The van der Waals surface area contributed by atoms with Crippen LogP contribution in [0.3, 0.4) is 0 Å². The molecule has 6 heteroatoms. The molecule has 0 spiro atoms. The van der Waals surface area contributed by atoms with Gasteiger partial charge < -0.3 is 4.74 Å². The van der Waals surface area contributed by atoms with E-state index in [1.165, 1.54) is 22.5 Å². The first-order chi connectivity index (χ1) is 7.74. The molecular formula is C10H10OS5. The number of thioether (sulfide) groups is 5. The third kappa shape index (κ3) is 2.19. The summed E-state index contributed by atoms with van der Waals surface area (Å²) in [5.74, 6) is 1.09. The Labute approximate surface area is 117 Å². The van der Waals surface area contributed by atoms with Crippen LogP contribution in [-0.2, 0) is 4.74 Å². The van der Waals surface area contributed by atoms with Crippen LogP contribution in [0, 0.1) is 0 Å². The monoisotopic (exact) mass is 306 g/mol. The van der Waals surface area contributed by atoms with Gasteiger partial charge in [0, 0.05) is 5.75 Å². The van der Waals surface area contributed by atoms with Crippen molar-refractivity contribution in [2.45, 2.75) is 13.8 Å². The largest absolute Gasteiger partial charge is 0.484 e. The minimum atomic E-state index is 0.857. The van der Waals surface area contributed by atoms with Gasteiger partial charge in [-0.25, -0.2) is 0 Å². The lowest BCUT2D eigenvalue weighted by atomic mass is 10.6. The van der Waals surface area contributed by atoms with Gasteiger partial charge in [0.15, 0.2) is 5.09 Å². The van der Waals surface area contributed by atoms with Crippen LogP contribution in [0.2, 0.25) is 0 Å². The van der Waals surface area contributed by atoms with E-state index >= 15 is 0 Å². The van der Waals surface area contributed by atoms with E-state index in [9.17, 15) is 0 Å². The highest BCUT2D eigenvalue weighted by Gasteiger charge is 2.30. The van der Waals surface area contributed by atoms with E-state index in [-0.39, 0.29) is 0 Å². The molecule has 0 radical (unpaired) electrons. The Bertz CT molecular complexity index is 398. The van der Waals surface area contributed by atoms with Crippen molar-refractivity contribution in [3.05, 3.63) is 27.6 Å². The second kappa shape index (κ2) is 4.80. The predicted octanol–water partition coefficient (Wildman–Crippen LogP) is 5.21. The van der Waals surface area contributed by atoms with Crippen molar-refractivity contribution in [1.82, 2.24) is 0 Å². The van der Waals surface area contributed by atoms with Crippen LogP contribution < -0.4 is 0 Å². The maximum Gasteiger partial charge on any atom is 0.178 e. The minimum absolute atomic E-state index is 0.857. The van der Waals surface area contributed by atoms with Crippen LogP contribution >= 0.6 is 58.8 Å². The molecule has 3 rings (SSSR count). The zero-order chi connectivity index (χ0) is 11.1. The molecule has 3 heterocycles. The van der Waals surface area contributed by atoms with Crippen molar-refractivity contribution in [2.75, 3.05) is 12.4 Å². The van der Waals surface area contributed by atoms with Crippen LogP contribution in [-0.4, -0.2) is 12.4 Å². The number of hydrogen-bond donors (Lipinski definition) is 0. The molecule has 1 nitrogen and oxygen atoms in total.